The highest BCUT2D eigenvalue weighted by molar-refractivity contribution is 5.99. The van der Waals surface area contributed by atoms with Crippen LogP contribution in [-0.4, -0.2) is 0 Å². The first-order valence-electron chi connectivity index (χ1n) is 24.8. The molecular weight excluding hydrogens is 869 g/mol. The lowest BCUT2D eigenvalue weighted by atomic mass is 9.94. The molecule has 0 aliphatic heterocycles. The predicted octanol–water partition coefficient (Wildman–Crippen LogP) is 19.9. The molecule has 72 heavy (non-hydrogen) atoms. The second-order valence-electron chi connectivity index (χ2n) is 18.6. The number of nitrogens with zero attached hydrogens (tertiary/aromatic N) is 2. The fourth-order valence-electron chi connectivity index (χ4n) is 10.6. The van der Waals surface area contributed by atoms with Crippen LogP contribution >= 0.6 is 0 Å². The second kappa shape index (κ2) is 19.3. The molecule has 342 valence electrons. The Labute approximate surface area is 423 Å². The summed E-state index contributed by atoms with van der Waals surface area (Å²) in [4.78, 5) is 4.82. The van der Waals surface area contributed by atoms with Crippen LogP contribution in [0.4, 0.5) is 34.1 Å². The van der Waals surface area contributed by atoms with E-state index in [-0.39, 0.29) is 0 Å². The summed E-state index contributed by atoms with van der Waals surface area (Å²) < 4.78 is 0. The summed E-state index contributed by atoms with van der Waals surface area (Å²) in [6.07, 6.45) is 0. The van der Waals surface area contributed by atoms with Gasteiger partial charge in [0.25, 0.3) is 0 Å². The van der Waals surface area contributed by atoms with Gasteiger partial charge in [-0.25, -0.2) is 0 Å². The first-order valence-corrected chi connectivity index (χ1v) is 24.8. The van der Waals surface area contributed by atoms with E-state index in [0.29, 0.717) is 0 Å². The van der Waals surface area contributed by atoms with Crippen LogP contribution in [0.3, 0.4) is 0 Å². The fraction of sp³-hybridized carbons (Fsp3) is 0.0286. The van der Waals surface area contributed by atoms with Gasteiger partial charge in [-0.05, 0) is 152 Å². The molecule has 12 rings (SSSR count). The van der Waals surface area contributed by atoms with E-state index >= 15 is 0 Å². The van der Waals surface area contributed by atoms with Crippen LogP contribution < -0.4 is 9.80 Å². The summed E-state index contributed by atoms with van der Waals surface area (Å²) in [5.41, 5.74) is 21.0. The lowest BCUT2D eigenvalue weighted by molar-refractivity contribution is 1.26. The minimum atomic E-state index is 1.09. The zero-order chi connectivity index (χ0) is 48.4. The molecule has 0 unspecified atom stereocenters. The number of fused-ring (bicyclic) bond motifs is 2. The van der Waals surface area contributed by atoms with Gasteiger partial charge in [0.2, 0.25) is 0 Å². The van der Waals surface area contributed by atoms with Gasteiger partial charge in [0.1, 0.15) is 0 Å². The Morgan fingerprint density at radius 1 is 0.222 bits per heavy atom. The van der Waals surface area contributed by atoms with Gasteiger partial charge in [-0.1, -0.05) is 218 Å². The standard InChI is InChI=1S/C70H52N2/c1-49-47-59(71(69-33-15-13-29-67(69)53-19-5-3-6-20-53)57-39-35-55(36-40-57)65-31-17-25-51-23-9-11-27-63(51)65)43-45-61(49)62-46-44-60(48-50(62)2)72(70-34-16-14-30-68(70)54-21-7-4-8-22-54)58-41-37-56(38-42-58)66-32-18-26-52-24-10-12-28-64(52)66/h3-48H,1-2H3. The number of hydrogen-bond donors (Lipinski definition) is 0. The topological polar surface area (TPSA) is 6.48 Å². The van der Waals surface area contributed by atoms with E-state index in [1.165, 1.54) is 88.3 Å². The van der Waals surface area contributed by atoms with Crippen molar-refractivity contribution < 1.29 is 0 Å². The van der Waals surface area contributed by atoms with E-state index in [1.807, 2.05) is 0 Å². The molecule has 0 spiro atoms. The molecular formula is C70H52N2. The van der Waals surface area contributed by atoms with Crippen LogP contribution in [0.1, 0.15) is 11.1 Å². The smallest absolute Gasteiger partial charge is 0.0540 e. The number of rotatable bonds is 11. The highest BCUT2D eigenvalue weighted by Crippen LogP contribution is 2.46. The zero-order valence-corrected chi connectivity index (χ0v) is 40.5. The zero-order valence-electron chi connectivity index (χ0n) is 40.5. The molecule has 0 atom stereocenters. The quantitative estimate of drug-likeness (QED) is 0.128. The van der Waals surface area contributed by atoms with Crippen molar-refractivity contribution >= 4 is 55.7 Å². The number of aryl methyl sites for hydroxylation is 2. The maximum Gasteiger partial charge on any atom is 0.0540 e. The van der Waals surface area contributed by atoms with E-state index < -0.39 is 0 Å². The van der Waals surface area contributed by atoms with Crippen LogP contribution in [0, 0.1) is 13.8 Å². The molecule has 2 nitrogen and oxygen atoms in total. The molecule has 0 amide bonds. The average molecular weight is 921 g/mol. The second-order valence-corrected chi connectivity index (χ2v) is 18.6. The summed E-state index contributed by atoms with van der Waals surface area (Å²) >= 11 is 0. The highest BCUT2D eigenvalue weighted by Gasteiger charge is 2.21. The van der Waals surface area contributed by atoms with E-state index in [0.717, 1.165) is 34.1 Å². The molecule has 0 radical (unpaired) electrons. The van der Waals surface area contributed by atoms with E-state index in [2.05, 4.69) is 303 Å². The molecule has 0 bridgehead atoms. The van der Waals surface area contributed by atoms with Crippen molar-refractivity contribution in [3.63, 3.8) is 0 Å². The first kappa shape index (κ1) is 44.0. The third kappa shape index (κ3) is 8.40. The molecule has 12 aromatic carbocycles. The van der Waals surface area contributed by atoms with Gasteiger partial charge < -0.3 is 9.80 Å². The van der Waals surface area contributed by atoms with Crippen molar-refractivity contribution in [1.29, 1.82) is 0 Å². The van der Waals surface area contributed by atoms with Gasteiger partial charge >= 0.3 is 0 Å². The van der Waals surface area contributed by atoms with E-state index in [4.69, 9.17) is 0 Å². The Hall–Kier alpha value is -9.24. The Morgan fingerprint density at radius 3 is 0.958 bits per heavy atom. The van der Waals surface area contributed by atoms with Crippen LogP contribution in [0.2, 0.25) is 0 Å². The van der Waals surface area contributed by atoms with Crippen molar-refractivity contribution in [2.75, 3.05) is 9.80 Å². The number of para-hydroxylation sites is 2. The Bertz CT molecular complexity index is 3610. The number of hydrogen-bond acceptors (Lipinski definition) is 2. The minimum Gasteiger partial charge on any atom is -0.310 e. The van der Waals surface area contributed by atoms with E-state index in [1.54, 1.807) is 0 Å². The molecule has 0 saturated heterocycles. The van der Waals surface area contributed by atoms with Gasteiger partial charge in [0.05, 0.1) is 11.4 Å². The van der Waals surface area contributed by atoms with Crippen molar-refractivity contribution in [3.8, 4) is 55.6 Å². The Kier molecular flexibility index (Phi) is 11.8. The summed E-state index contributed by atoms with van der Waals surface area (Å²) in [5, 5.41) is 4.99. The normalized spacial score (nSPS) is 11.2. The van der Waals surface area contributed by atoms with Gasteiger partial charge in [0, 0.05) is 33.9 Å². The van der Waals surface area contributed by atoms with Crippen molar-refractivity contribution in [3.05, 3.63) is 290 Å². The molecule has 0 N–H and O–H groups in total. The lowest BCUT2D eigenvalue weighted by Crippen LogP contribution is -2.12. The van der Waals surface area contributed by atoms with Crippen LogP contribution in [-0.2, 0) is 0 Å². The van der Waals surface area contributed by atoms with Crippen LogP contribution in [0.5, 0.6) is 0 Å². The first-order chi connectivity index (χ1) is 35.6. The largest absolute Gasteiger partial charge is 0.310 e. The van der Waals surface area contributed by atoms with Gasteiger partial charge in [-0.15, -0.1) is 0 Å². The molecule has 12 aromatic rings. The third-order valence-electron chi connectivity index (χ3n) is 14.1. The summed E-state index contributed by atoms with van der Waals surface area (Å²) in [7, 11) is 0. The van der Waals surface area contributed by atoms with Gasteiger partial charge in [-0.3, -0.25) is 0 Å². The Balaban J connectivity index is 0.935. The van der Waals surface area contributed by atoms with Crippen LogP contribution in [0.15, 0.2) is 279 Å². The minimum absolute atomic E-state index is 1.09. The fourth-order valence-corrected chi connectivity index (χ4v) is 10.6. The molecule has 0 saturated carbocycles. The molecule has 0 aliphatic carbocycles. The predicted molar refractivity (Wildman–Crippen MR) is 307 cm³/mol. The third-order valence-corrected chi connectivity index (χ3v) is 14.1. The summed E-state index contributed by atoms with van der Waals surface area (Å²) in [6.45, 7) is 4.49. The van der Waals surface area contributed by atoms with Gasteiger partial charge in [0.15, 0.2) is 0 Å². The molecule has 2 heteroatoms. The van der Waals surface area contributed by atoms with Crippen molar-refractivity contribution in [1.82, 2.24) is 0 Å². The molecule has 0 aromatic heterocycles. The van der Waals surface area contributed by atoms with Crippen molar-refractivity contribution in [2.45, 2.75) is 13.8 Å². The summed E-state index contributed by atoms with van der Waals surface area (Å²) in [5.74, 6) is 0. The molecule has 0 aliphatic rings. The Morgan fingerprint density at radius 2 is 0.542 bits per heavy atom. The highest BCUT2D eigenvalue weighted by atomic mass is 15.1. The lowest BCUT2D eigenvalue weighted by Gasteiger charge is -2.29. The maximum atomic E-state index is 2.41. The number of benzene rings is 12. The maximum absolute atomic E-state index is 2.41. The average Bonchev–Trinajstić information content (AvgIpc) is 3.44. The summed E-state index contributed by atoms with van der Waals surface area (Å²) in [6, 6.07) is 101. The van der Waals surface area contributed by atoms with Crippen molar-refractivity contribution in [2.24, 2.45) is 0 Å². The monoisotopic (exact) mass is 920 g/mol. The molecule has 0 fully saturated rings. The van der Waals surface area contributed by atoms with Crippen LogP contribution in [0.25, 0.3) is 77.2 Å². The van der Waals surface area contributed by atoms with E-state index in [9.17, 15) is 0 Å². The molecule has 0 heterocycles. The van der Waals surface area contributed by atoms with Gasteiger partial charge in [-0.2, -0.15) is 0 Å². The number of anilines is 6. The SMILES string of the molecule is Cc1cc(N(c2ccc(-c3cccc4ccccc34)cc2)c2ccccc2-c2ccccc2)ccc1-c1ccc(N(c2ccc(-c3cccc4ccccc34)cc2)c2ccccc2-c2ccccc2)cc1C.